The Bertz CT molecular complexity index is 837. The summed E-state index contributed by atoms with van der Waals surface area (Å²) in [5, 5.41) is 0. The molecule has 26 heavy (non-hydrogen) atoms. The van der Waals surface area contributed by atoms with Crippen LogP contribution in [-0.4, -0.2) is 11.8 Å². The van der Waals surface area contributed by atoms with Gasteiger partial charge in [-0.15, -0.1) is 0 Å². The van der Waals surface area contributed by atoms with Crippen molar-refractivity contribution in [3.63, 3.8) is 0 Å². The Balaban J connectivity index is 2.25. The SMILES string of the molecule is CCCC1(CCC)C(=O)N(c2cc(F)cc(F)c2)C(=O)c2ccccc21. The van der Waals surface area contributed by atoms with E-state index in [4.69, 9.17) is 0 Å². The van der Waals surface area contributed by atoms with Crippen LogP contribution in [0.3, 0.4) is 0 Å². The van der Waals surface area contributed by atoms with Crippen LogP contribution < -0.4 is 4.90 Å². The number of imide groups is 1. The molecular weight excluding hydrogens is 336 g/mol. The van der Waals surface area contributed by atoms with Crippen LogP contribution in [0.5, 0.6) is 0 Å². The average Bonchev–Trinajstić information content (AvgIpc) is 2.60. The van der Waals surface area contributed by atoms with Crippen LogP contribution in [0, 0.1) is 11.6 Å². The summed E-state index contributed by atoms with van der Waals surface area (Å²) in [6.45, 7) is 3.96. The van der Waals surface area contributed by atoms with Crippen molar-refractivity contribution in [3.05, 3.63) is 65.2 Å². The van der Waals surface area contributed by atoms with Gasteiger partial charge in [0, 0.05) is 11.6 Å². The maximum atomic E-state index is 13.7. The van der Waals surface area contributed by atoms with Gasteiger partial charge >= 0.3 is 0 Å². The molecule has 1 aliphatic heterocycles. The van der Waals surface area contributed by atoms with E-state index in [1.54, 1.807) is 12.1 Å². The standard InChI is InChI=1S/C21H21F2NO2/c1-3-9-21(10-4-2)18-8-6-5-7-17(18)19(25)24(20(21)26)16-12-14(22)11-15(23)13-16/h5-8,11-13H,3-4,9-10H2,1-2H3. The van der Waals surface area contributed by atoms with Crippen LogP contribution in [0.2, 0.25) is 0 Å². The topological polar surface area (TPSA) is 37.4 Å². The Labute approximate surface area is 151 Å². The molecule has 3 rings (SSSR count). The van der Waals surface area contributed by atoms with Gasteiger partial charge in [0.05, 0.1) is 11.1 Å². The smallest absolute Gasteiger partial charge is 0.265 e. The van der Waals surface area contributed by atoms with Crippen LogP contribution in [0.25, 0.3) is 0 Å². The van der Waals surface area contributed by atoms with E-state index < -0.39 is 28.9 Å². The number of fused-ring (bicyclic) bond motifs is 1. The molecule has 0 radical (unpaired) electrons. The summed E-state index contributed by atoms with van der Waals surface area (Å²) < 4.78 is 27.5. The highest BCUT2D eigenvalue weighted by molar-refractivity contribution is 6.27. The molecule has 1 aliphatic rings. The minimum atomic E-state index is -0.864. The maximum absolute atomic E-state index is 13.7. The molecule has 5 heteroatoms. The van der Waals surface area contributed by atoms with E-state index >= 15 is 0 Å². The van der Waals surface area contributed by atoms with E-state index in [2.05, 4.69) is 0 Å². The third-order valence-electron chi connectivity index (χ3n) is 4.95. The largest absolute Gasteiger partial charge is 0.273 e. The molecule has 2 aromatic rings. The second-order valence-electron chi connectivity index (χ2n) is 6.70. The lowest BCUT2D eigenvalue weighted by Crippen LogP contribution is -2.54. The van der Waals surface area contributed by atoms with Crippen molar-refractivity contribution in [1.82, 2.24) is 0 Å². The van der Waals surface area contributed by atoms with Crippen molar-refractivity contribution in [2.24, 2.45) is 0 Å². The van der Waals surface area contributed by atoms with Gasteiger partial charge < -0.3 is 0 Å². The van der Waals surface area contributed by atoms with Crippen LogP contribution in [0.4, 0.5) is 14.5 Å². The fraction of sp³-hybridized carbons (Fsp3) is 0.333. The Morgan fingerprint density at radius 3 is 2.08 bits per heavy atom. The zero-order chi connectivity index (χ0) is 18.9. The lowest BCUT2D eigenvalue weighted by Gasteiger charge is -2.42. The van der Waals surface area contributed by atoms with Crippen LogP contribution in [0.1, 0.15) is 55.5 Å². The van der Waals surface area contributed by atoms with Crippen molar-refractivity contribution >= 4 is 17.5 Å². The fourth-order valence-electron chi connectivity index (χ4n) is 3.99. The number of carbonyl (C=O) groups is 2. The summed E-state index contributed by atoms with van der Waals surface area (Å²) in [6, 6.07) is 9.82. The number of anilines is 1. The third-order valence-corrected chi connectivity index (χ3v) is 4.95. The van der Waals surface area contributed by atoms with Gasteiger partial charge in [-0.05, 0) is 36.6 Å². The van der Waals surface area contributed by atoms with Gasteiger partial charge in [0.15, 0.2) is 0 Å². The Morgan fingerprint density at radius 2 is 1.50 bits per heavy atom. The molecule has 136 valence electrons. The van der Waals surface area contributed by atoms with Gasteiger partial charge in [-0.3, -0.25) is 9.59 Å². The molecule has 3 nitrogen and oxygen atoms in total. The fourth-order valence-corrected chi connectivity index (χ4v) is 3.99. The quantitative estimate of drug-likeness (QED) is 0.707. The predicted molar refractivity (Wildman–Crippen MR) is 96.1 cm³/mol. The minimum Gasteiger partial charge on any atom is -0.273 e. The highest BCUT2D eigenvalue weighted by atomic mass is 19.1. The van der Waals surface area contributed by atoms with E-state index in [9.17, 15) is 18.4 Å². The maximum Gasteiger partial charge on any atom is 0.265 e. The molecule has 0 bridgehead atoms. The van der Waals surface area contributed by atoms with Gasteiger partial charge in [-0.2, -0.15) is 0 Å². The van der Waals surface area contributed by atoms with Gasteiger partial charge in [-0.1, -0.05) is 44.9 Å². The highest BCUT2D eigenvalue weighted by Gasteiger charge is 2.49. The van der Waals surface area contributed by atoms with Crippen molar-refractivity contribution in [2.75, 3.05) is 4.90 Å². The molecule has 0 aromatic heterocycles. The number of carbonyl (C=O) groups excluding carboxylic acids is 2. The second kappa shape index (κ2) is 6.98. The van der Waals surface area contributed by atoms with Gasteiger partial charge in [0.25, 0.3) is 5.91 Å². The lowest BCUT2D eigenvalue weighted by molar-refractivity contribution is -0.124. The first-order valence-corrected chi connectivity index (χ1v) is 8.89. The first-order chi connectivity index (χ1) is 12.4. The van der Waals surface area contributed by atoms with E-state index in [1.807, 2.05) is 26.0 Å². The molecule has 0 aliphatic carbocycles. The number of halogens is 2. The molecule has 0 saturated carbocycles. The molecule has 0 saturated heterocycles. The van der Waals surface area contributed by atoms with E-state index in [0.29, 0.717) is 24.0 Å². The zero-order valence-electron chi connectivity index (χ0n) is 14.9. The van der Waals surface area contributed by atoms with E-state index in [0.717, 1.165) is 35.9 Å². The highest BCUT2D eigenvalue weighted by Crippen LogP contribution is 2.43. The molecule has 1 heterocycles. The molecule has 2 aromatic carbocycles. The molecule has 0 unspecified atom stereocenters. The van der Waals surface area contributed by atoms with E-state index in [-0.39, 0.29) is 5.69 Å². The summed E-state index contributed by atoms with van der Waals surface area (Å²) in [5.41, 5.74) is 0.200. The first kappa shape index (κ1) is 18.2. The summed E-state index contributed by atoms with van der Waals surface area (Å²) >= 11 is 0. The number of nitrogens with zero attached hydrogens (tertiary/aromatic N) is 1. The van der Waals surface area contributed by atoms with Crippen LogP contribution in [-0.2, 0) is 10.2 Å². The molecule has 0 N–H and O–H groups in total. The third kappa shape index (κ3) is 2.81. The van der Waals surface area contributed by atoms with Crippen molar-refractivity contribution < 1.29 is 18.4 Å². The molecule has 0 atom stereocenters. The Morgan fingerprint density at radius 1 is 0.923 bits per heavy atom. The number of hydrogen-bond donors (Lipinski definition) is 0. The van der Waals surface area contributed by atoms with Crippen LogP contribution in [0.15, 0.2) is 42.5 Å². The van der Waals surface area contributed by atoms with E-state index in [1.165, 1.54) is 0 Å². The lowest BCUT2D eigenvalue weighted by atomic mass is 9.68. The molecular formula is C21H21F2NO2. The van der Waals surface area contributed by atoms with Crippen molar-refractivity contribution in [3.8, 4) is 0 Å². The van der Waals surface area contributed by atoms with Crippen molar-refractivity contribution in [2.45, 2.75) is 44.9 Å². The van der Waals surface area contributed by atoms with Crippen LogP contribution >= 0.6 is 0 Å². The number of rotatable bonds is 5. The van der Waals surface area contributed by atoms with Gasteiger partial charge in [0.2, 0.25) is 5.91 Å². The van der Waals surface area contributed by atoms with Gasteiger partial charge in [0.1, 0.15) is 11.6 Å². The predicted octanol–water partition coefficient (Wildman–Crippen LogP) is 4.99. The first-order valence-electron chi connectivity index (χ1n) is 8.89. The molecule has 0 fully saturated rings. The van der Waals surface area contributed by atoms with Gasteiger partial charge in [-0.25, -0.2) is 13.7 Å². The zero-order valence-corrected chi connectivity index (χ0v) is 14.9. The van der Waals surface area contributed by atoms with Crippen molar-refractivity contribution in [1.29, 1.82) is 0 Å². The summed E-state index contributed by atoms with van der Waals surface area (Å²) in [6.07, 6.45) is 2.63. The monoisotopic (exact) mass is 357 g/mol. The summed E-state index contributed by atoms with van der Waals surface area (Å²) in [5.74, 6) is -2.60. The average molecular weight is 357 g/mol. The summed E-state index contributed by atoms with van der Waals surface area (Å²) in [7, 11) is 0. The normalized spacial score (nSPS) is 15.9. The number of amides is 2. The Kier molecular flexibility index (Phi) is 4.90. The molecule has 0 spiro atoms. The molecule has 2 amide bonds. The Hall–Kier alpha value is -2.56. The summed E-state index contributed by atoms with van der Waals surface area (Å²) in [4.78, 5) is 27.4. The minimum absolute atomic E-state index is 0.0661. The number of benzene rings is 2. The second-order valence-corrected chi connectivity index (χ2v) is 6.70. The number of hydrogen-bond acceptors (Lipinski definition) is 2.